The smallest absolute Gasteiger partial charge is 0.335 e. The second kappa shape index (κ2) is 6.28. The zero-order valence-corrected chi connectivity index (χ0v) is 13.3. The van der Waals surface area contributed by atoms with E-state index in [1.165, 1.54) is 12.1 Å². The lowest BCUT2D eigenvalue weighted by molar-refractivity contribution is -0.387. The molecule has 0 aliphatic carbocycles. The summed E-state index contributed by atoms with van der Waals surface area (Å²) in [5.74, 6) is -1.02. The van der Waals surface area contributed by atoms with Gasteiger partial charge in [-0.3, -0.25) is 10.1 Å². The Morgan fingerprint density at radius 2 is 2.00 bits per heavy atom. The zero-order chi connectivity index (χ0) is 15.6. The maximum absolute atomic E-state index is 11.1. The van der Waals surface area contributed by atoms with E-state index in [-0.39, 0.29) is 11.3 Å². The molecule has 0 bridgehead atoms. The van der Waals surface area contributed by atoms with Crippen LogP contribution in [-0.2, 0) is 0 Å². The molecule has 2 rings (SSSR count). The summed E-state index contributed by atoms with van der Waals surface area (Å²) in [5.41, 5.74) is 0.828. The van der Waals surface area contributed by atoms with Gasteiger partial charge in [0.25, 0.3) is 5.69 Å². The van der Waals surface area contributed by atoms with Gasteiger partial charge in [-0.25, -0.2) is 4.79 Å². The van der Waals surface area contributed by atoms with E-state index in [4.69, 9.17) is 5.11 Å². The molecule has 0 unspecified atom stereocenters. The molecule has 0 spiro atoms. The number of hydrogen-bond donors (Lipinski definition) is 1. The third-order valence-corrected chi connectivity index (χ3v) is 4.32. The summed E-state index contributed by atoms with van der Waals surface area (Å²) in [7, 11) is 0. The van der Waals surface area contributed by atoms with Crippen molar-refractivity contribution in [2.24, 2.45) is 0 Å². The summed E-state index contributed by atoms with van der Waals surface area (Å²) < 4.78 is 0.723. The molecule has 0 aliphatic rings. The van der Waals surface area contributed by atoms with Crippen molar-refractivity contribution in [1.29, 1.82) is 0 Å². The highest BCUT2D eigenvalue weighted by molar-refractivity contribution is 9.10. The van der Waals surface area contributed by atoms with Gasteiger partial charge in [-0.1, -0.05) is 33.8 Å². The lowest BCUT2D eigenvalue weighted by atomic mass is 10.1. The Hall–Kier alpha value is -1.86. The Morgan fingerprint density at radius 1 is 1.29 bits per heavy atom. The molecule has 5 nitrogen and oxygen atoms in total. The average molecular weight is 368 g/mol. The quantitative estimate of drug-likeness (QED) is 0.634. The van der Waals surface area contributed by atoms with Crippen LogP contribution in [0.1, 0.15) is 15.9 Å². The lowest BCUT2D eigenvalue weighted by Gasteiger charge is -2.06. The van der Waals surface area contributed by atoms with Crippen LogP contribution in [0.4, 0.5) is 5.69 Å². The fraction of sp³-hybridized carbons (Fsp3) is 0.0714. The van der Waals surface area contributed by atoms with Gasteiger partial charge in [-0.05, 0) is 36.8 Å². The number of hydrogen-bond acceptors (Lipinski definition) is 4. The Kier molecular flexibility index (Phi) is 4.64. The average Bonchev–Trinajstić information content (AvgIpc) is 2.40. The number of carboxylic acid groups (broad SMARTS) is 1. The van der Waals surface area contributed by atoms with Gasteiger partial charge >= 0.3 is 5.97 Å². The Labute approximate surface area is 133 Å². The van der Waals surface area contributed by atoms with Gasteiger partial charge in [0.2, 0.25) is 0 Å². The predicted molar refractivity (Wildman–Crippen MR) is 83.1 cm³/mol. The molecule has 0 amide bonds. The number of halogens is 1. The minimum atomic E-state index is -1.02. The van der Waals surface area contributed by atoms with Crippen LogP contribution in [0.25, 0.3) is 0 Å². The zero-order valence-electron chi connectivity index (χ0n) is 10.9. The van der Waals surface area contributed by atoms with E-state index >= 15 is 0 Å². The normalized spacial score (nSPS) is 10.4. The summed E-state index contributed by atoms with van der Waals surface area (Å²) in [6.07, 6.45) is 0. The van der Waals surface area contributed by atoms with Crippen molar-refractivity contribution in [1.82, 2.24) is 0 Å². The van der Waals surface area contributed by atoms with Gasteiger partial charge in [-0.15, -0.1) is 0 Å². The number of nitro groups is 1. The SMILES string of the molecule is Cc1ccc(Sc2cc(Br)ccc2[N+](=O)[O-])cc1C(=O)O. The van der Waals surface area contributed by atoms with Crippen molar-refractivity contribution in [2.75, 3.05) is 0 Å². The molecular formula is C14H10BrNO4S. The largest absolute Gasteiger partial charge is 0.478 e. The number of aryl methyl sites for hydroxylation is 1. The topological polar surface area (TPSA) is 80.4 Å². The number of nitrogens with zero attached hydrogens (tertiary/aromatic N) is 1. The van der Waals surface area contributed by atoms with Crippen LogP contribution in [0.3, 0.4) is 0 Å². The Balaban J connectivity index is 2.43. The summed E-state index contributed by atoms with van der Waals surface area (Å²) in [4.78, 5) is 22.8. The summed E-state index contributed by atoms with van der Waals surface area (Å²) in [6, 6.07) is 9.61. The number of carboxylic acids is 1. The molecule has 2 aromatic rings. The van der Waals surface area contributed by atoms with Crippen molar-refractivity contribution in [3.8, 4) is 0 Å². The molecule has 0 aromatic heterocycles. The first kappa shape index (κ1) is 15.5. The van der Waals surface area contributed by atoms with E-state index < -0.39 is 10.9 Å². The van der Waals surface area contributed by atoms with E-state index in [9.17, 15) is 14.9 Å². The van der Waals surface area contributed by atoms with Crippen LogP contribution >= 0.6 is 27.7 Å². The number of nitro benzene ring substituents is 1. The van der Waals surface area contributed by atoms with Crippen molar-refractivity contribution in [3.63, 3.8) is 0 Å². The van der Waals surface area contributed by atoms with Gasteiger partial charge in [0, 0.05) is 15.4 Å². The molecule has 0 heterocycles. The standard InChI is InChI=1S/C14H10BrNO4S/c1-8-2-4-10(7-11(8)14(17)18)21-13-6-9(15)3-5-12(13)16(19)20/h2-7H,1H3,(H,17,18). The van der Waals surface area contributed by atoms with Crippen LogP contribution in [0.15, 0.2) is 50.7 Å². The number of carbonyl (C=O) groups is 1. The highest BCUT2D eigenvalue weighted by Crippen LogP contribution is 2.37. The molecule has 1 N–H and O–H groups in total. The highest BCUT2D eigenvalue weighted by Gasteiger charge is 2.16. The highest BCUT2D eigenvalue weighted by atomic mass is 79.9. The van der Waals surface area contributed by atoms with Gasteiger partial charge in [0.1, 0.15) is 0 Å². The third kappa shape index (κ3) is 3.62. The van der Waals surface area contributed by atoms with Crippen LogP contribution in [0.2, 0.25) is 0 Å². The monoisotopic (exact) mass is 367 g/mol. The molecule has 0 atom stereocenters. The lowest BCUT2D eigenvalue weighted by Crippen LogP contribution is -1.99. The van der Waals surface area contributed by atoms with E-state index in [0.29, 0.717) is 15.4 Å². The second-order valence-electron chi connectivity index (χ2n) is 4.25. The van der Waals surface area contributed by atoms with Gasteiger partial charge < -0.3 is 5.11 Å². The van der Waals surface area contributed by atoms with Crippen LogP contribution in [0, 0.1) is 17.0 Å². The number of rotatable bonds is 4. The number of aromatic carboxylic acids is 1. The van der Waals surface area contributed by atoms with Crippen LogP contribution < -0.4 is 0 Å². The molecule has 2 aromatic carbocycles. The van der Waals surface area contributed by atoms with Crippen LogP contribution in [-0.4, -0.2) is 16.0 Å². The van der Waals surface area contributed by atoms with Gasteiger partial charge in [-0.2, -0.15) is 0 Å². The second-order valence-corrected chi connectivity index (χ2v) is 6.28. The van der Waals surface area contributed by atoms with Crippen LogP contribution in [0.5, 0.6) is 0 Å². The molecule has 21 heavy (non-hydrogen) atoms. The van der Waals surface area contributed by atoms with E-state index in [1.54, 1.807) is 31.2 Å². The van der Waals surface area contributed by atoms with Crippen molar-refractivity contribution in [3.05, 3.63) is 62.1 Å². The van der Waals surface area contributed by atoms with Crippen molar-refractivity contribution < 1.29 is 14.8 Å². The Bertz CT molecular complexity index is 733. The van der Waals surface area contributed by atoms with Crippen molar-refractivity contribution >= 4 is 39.3 Å². The summed E-state index contributed by atoms with van der Waals surface area (Å²) >= 11 is 4.44. The first-order valence-electron chi connectivity index (χ1n) is 5.84. The maximum Gasteiger partial charge on any atom is 0.335 e. The molecule has 0 radical (unpaired) electrons. The molecule has 0 fully saturated rings. The first-order valence-corrected chi connectivity index (χ1v) is 7.45. The molecule has 0 aliphatic heterocycles. The van der Waals surface area contributed by atoms with E-state index in [1.807, 2.05) is 0 Å². The Morgan fingerprint density at radius 3 is 2.62 bits per heavy atom. The minimum absolute atomic E-state index is 0.0133. The summed E-state index contributed by atoms with van der Waals surface area (Å²) in [5, 5.41) is 20.2. The minimum Gasteiger partial charge on any atom is -0.478 e. The van der Waals surface area contributed by atoms with Gasteiger partial charge in [0.05, 0.1) is 15.4 Å². The fourth-order valence-corrected chi connectivity index (χ4v) is 3.25. The summed E-state index contributed by atoms with van der Waals surface area (Å²) in [6.45, 7) is 1.71. The molecule has 7 heteroatoms. The molecule has 0 saturated heterocycles. The van der Waals surface area contributed by atoms with Gasteiger partial charge in [0.15, 0.2) is 0 Å². The van der Waals surface area contributed by atoms with Crippen molar-refractivity contribution in [2.45, 2.75) is 16.7 Å². The predicted octanol–water partition coefficient (Wildman–Crippen LogP) is 4.52. The fourth-order valence-electron chi connectivity index (χ4n) is 1.74. The number of benzene rings is 2. The maximum atomic E-state index is 11.1. The first-order chi connectivity index (χ1) is 9.88. The third-order valence-electron chi connectivity index (χ3n) is 2.79. The molecular weight excluding hydrogens is 358 g/mol. The molecule has 108 valence electrons. The van der Waals surface area contributed by atoms with E-state index in [2.05, 4.69) is 15.9 Å². The van der Waals surface area contributed by atoms with E-state index in [0.717, 1.165) is 16.2 Å². The molecule has 0 saturated carbocycles.